The molecule has 0 spiro atoms. The Labute approximate surface area is 172 Å². The van der Waals surface area contributed by atoms with E-state index in [1.165, 1.54) is 17.3 Å². The van der Waals surface area contributed by atoms with E-state index >= 15 is 0 Å². The summed E-state index contributed by atoms with van der Waals surface area (Å²) in [7, 11) is 0. The molecule has 1 aliphatic rings. The summed E-state index contributed by atoms with van der Waals surface area (Å²) in [5.74, 6) is 1.33. The van der Waals surface area contributed by atoms with Crippen molar-refractivity contribution in [3.8, 4) is 17.2 Å². The Hall–Kier alpha value is -3.07. The molecule has 2 heterocycles. The summed E-state index contributed by atoms with van der Waals surface area (Å²) in [4.78, 5) is 12.6. The highest BCUT2D eigenvalue weighted by Crippen LogP contribution is 2.32. The van der Waals surface area contributed by atoms with Gasteiger partial charge >= 0.3 is 0 Å². The second kappa shape index (κ2) is 8.12. The van der Waals surface area contributed by atoms with E-state index in [1.54, 1.807) is 4.68 Å². The molecule has 0 aliphatic carbocycles. The number of nitrogens with one attached hydrogen (secondary N) is 1. The number of ether oxygens (including phenoxy) is 2. The van der Waals surface area contributed by atoms with Gasteiger partial charge in [-0.25, -0.2) is 0 Å². The molecule has 0 fully saturated rings. The van der Waals surface area contributed by atoms with Crippen LogP contribution in [0.25, 0.3) is 5.69 Å². The van der Waals surface area contributed by atoms with E-state index in [-0.39, 0.29) is 18.0 Å². The van der Waals surface area contributed by atoms with Crippen LogP contribution in [0.4, 0.5) is 0 Å². The highest BCUT2D eigenvalue weighted by Gasteiger charge is 2.20. The van der Waals surface area contributed by atoms with E-state index in [4.69, 9.17) is 9.47 Å². The fourth-order valence-corrected chi connectivity index (χ4v) is 3.87. The van der Waals surface area contributed by atoms with Crippen molar-refractivity contribution in [3.05, 3.63) is 53.1 Å². The molecule has 3 aromatic rings. The third-order valence-electron chi connectivity index (χ3n) is 4.58. The molecule has 1 aliphatic heterocycles. The minimum atomic E-state index is -0.362. The van der Waals surface area contributed by atoms with Crippen molar-refractivity contribution >= 4 is 17.7 Å². The third kappa shape index (κ3) is 4.19. The van der Waals surface area contributed by atoms with E-state index in [9.17, 15) is 4.79 Å². The Morgan fingerprint density at radius 3 is 2.86 bits per heavy atom. The maximum absolute atomic E-state index is 12.6. The van der Waals surface area contributed by atoms with Gasteiger partial charge in [0.1, 0.15) is 0 Å². The van der Waals surface area contributed by atoms with Gasteiger partial charge < -0.3 is 14.8 Å². The van der Waals surface area contributed by atoms with Crippen LogP contribution in [0.1, 0.15) is 23.6 Å². The van der Waals surface area contributed by atoms with Crippen molar-refractivity contribution in [1.82, 2.24) is 25.5 Å². The van der Waals surface area contributed by atoms with Crippen molar-refractivity contribution in [2.24, 2.45) is 0 Å². The number of benzene rings is 2. The molecule has 1 amide bonds. The van der Waals surface area contributed by atoms with Crippen LogP contribution < -0.4 is 14.8 Å². The standard InChI is InChI=1S/C20H21N5O3S/c1-12-4-6-16(13(2)8-12)25-20(22-23-24-25)29-14(3)19(26)21-10-15-5-7-17-18(9-15)28-11-27-17/h4-9,14H,10-11H2,1-3H3,(H,21,26)/t14-/m0/s1. The number of fused-ring (bicyclic) bond motifs is 1. The minimum absolute atomic E-state index is 0.0946. The smallest absolute Gasteiger partial charge is 0.233 e. The SMILES string of the molecule is Cc1ccc(-n2nnnc2S[C@@H](C)C(=O)NCc2ccc3c(c2)OCO3)c(C)c1. The molecule has 8 nitrogen and oxygen atoms in total. The lowest BCUT2D eigenvalue weighted by Gasteiger charge is -2.13. The molecule has 2 aromatic carbocycles. The molecule has 0 unspecified atom stereocenters. The molecule has 150 valence electrons. The Morgan fingerprint density at radius 2 is 2.03 bits per heavy atom. The summed E-state index contributed by atoms with van der Waals surface area (Å²) in [5, 5.41) is 15.1. The number of thioether (sulfide) groups is 1. The second-order valence-electron chi connectivity index (χ2n) is 6.83. The normalized spacial score (nSPS) is 13.3. The average Bonchev–Trinajstić information content (AvgIpc) is 3.35. The first-order valence-electron chi connectivity index (χ1n) is 9.20. The molecule has 0 radical (unpaired) electrons. The summed E-state index contributed by atoms with van der Waals surface area (Å²) in [6.45, 7) is 6.52. The highest BCUT2D eigenvalue weighted by atomic mass is 32.2. The van der Waals surface area contributed by atoms with Crippen molar-refractivity contribution in [2.75, 3.05) is 6.79 Å². The Morgan fingerprint density at radius 1 is 1.21 bits per heavy atom. The molecule has 1 N–H and O–H groups in total. The number of hydrogen-bond acceptors (Lipinski definition) is 7. The average molecular weight is 411 g/mol. The van der Waals surface area contributed by atoms with Gasteiger partial charge in [0, 0.05) is 6.54 Å². The molecule has 29 heavy (non-hydrogen) atoms. The zero-order chi connectivity index (χ0) is 20.4. The van der Waals surface area contributed by atoms with E-state index in [0.29, 0.717) is 17.5 Å². The lowest BCUT2D eigenvalue weighted by atomic mass is 10.1. The molecule has 0 saturated heterocycles. The molecule has 4 rings (SSSR count). The van der Waals surface area contributed by atoms with Crippen LogP contribution in [-0.2, 0) is 11.3 Å². The number of rotatable bonds is 6. The van der Waals surface area contributed by atoms with Gasteiger partial charge in [0.2, 0.25) is 17.9 Å². The zero-order valence-electron chi connectivity index (χ0n) is 16.4. The lowest BCUT2D eigenvalue weighted by molar-refractivity contribution is -0.120. The number of aryl methyl sites for hydroxylation is 2. The van der Waals surface area contributed by atoms with Crippen molar-refractivity contribution in [2.45, 2.75) is 37.7 Å². The van der Waals surface area contributed by atoms with Crippen LogP contribution in [0.15, 0.2) is 41.6 Å². The van der Waals surface area contributed by atoms with Gasteiger partial charge in [-0.05, 0) is 60.5 Å². The topological polar surface area (TPSA) is 91.2 Å². The second-order valence-corrected chi connectivity index (χ2v) is 8.14. The Balaban J connectivity index is 1.40. The molecule has 0 bridgehead atoms. The van der Waals surface area contributed by atoms with Gasteiger partial charge in [-0.3, -0.25) is 4.79 Å². The van der Waals surface area contributed by atoms with Gasteiger partial charge in [0.15, 0.2) is 11.5 Å². The summed E-state index contributed by atoms with van der Waals surface area (Å²) in [6, 6.07) is 11.7. The minimum Gasteiger partial charge on any atom is -0.454 e. The van der Waals surface area contributed by atoms with Gasteiger partial charge in [-0.1, -0.05) is 35.5 Å². The molecule has 0 saturated carbocycles. The molecule has 1 atom stereocenters. The van der Waals surface area contributed by atoms with E-state index in [0.717, 1.165) is 22.6 Å². The highest BCUT2D eigenvalue weighted by molar-refractivity contribution is 8.00. The number of carbonyl (C=O) groups is 1. The quantitative estimate of drug-likeness (QED) is 0.624. The van der Waals surface area contributed by atoms with Crippen LogP contribution in [0.5, 0.6) is 11.5 Å². The van der Waals surface area contributed by atoms with Gasteiger partial charge in [-0.2, -0.15) is 4.68 Å². The van der Waals surface area contributed by atoms with Crippen LogP contribution in [0.2, 0.25) is 0 Å². The fourth-order valence-electron chi connectivity index (χ4n) is 3.04. The maximum atomic E-state index is 12.6. The predicted molar refractivity (Wildman–Crippen MR) is 108 cm³/mol. The summed E-state index contributed by atoms with van der Waals surface area (Å²) in [6.07, 6.45) is 0. The van der Waals surface area contributed by atoms with E-state index in [2.05, 4.69) is 26.9 Å². The van der Waals surface area contributed by atoms with Crippen LogP contribution in [-0.4, -0.2) is 38.2 Å². The van der Waals surface area contributed by atoms with Crippen molar-refractivity contribution in [3.63, 3.8) is 0 Å². The molecule has 9 heteroatoms. The Bertz CT molecular complexity index is 1050. The summed E-state index contributed by atoms with van der Waals surface area (Å²) in [5.41, 5.74) is 4.08. The van der Waals surface area contributed by atoms with Gasteiger partial charge in [0.05, 0.1) is 10.9 Å². The first-order valence-corrected chi connectivity index (χ1v) is 10.1. The van der Waals surface area contributed by atoms with E-state index < -0.39 is 0 Å². The maximum Gasteiger partial charge on any atom is 0.233 e. The number of aromatic nitrogens is 4. The number of nitrogens with zero attached hydrogens (tertiary/aromatic N) is 4. The lowest BCUT2D eigenvalue weighted by Crippen LogP contribution is -2.30. The first kappa shape index (κ1) is 19.3. The number of amides is 1. The Kier molecular flexibility index (Phi) is 5.39. The number of tetrazole rings is 1. The van der Waals surface area contributed by atoms with Crippen molar-refractivity contribution < 1.29 is 14.3 Å². The molecule has 1 aromatic heterocycles. The molecular formula is C20H21N5O3S. The monoisotopic (exact) mass is 411 g/mol. The summed E-state index contributed by atoms with van der Waals surface area (Å²) < 4.78 is 12.3. The first-order chi connectivity index (χ1) is 14.0. The predicted octanol–water partition coefficient (Wildman–Crippen LogP) is 2.80. The van der Waals surface area contributed by atoms with Crippen LogP contribution in [0.3, 0.4) is 0 Å². The number of hydrogen-bond donors (Lipinski definition) is 1. The van der Waals surface area contributed by atoms with E-state index in [1.807, 2.05) is 51.1 Å². The largest absolute Gasteiger partial charge is 0.454 e. The van der Waals surface area contributed by atoms with Crippen molar-refractivity contribution in [1.29, 1.82) is 0 Å². The van der Waals surface area contributed by atoms with Crippen LogP contribution in [0, 0.1) is 13.8 Å². The molecular weight excluding hydrogens is 390 g/mol. The third-order valence-corrected chi connectivity index (χ3v) is 5.61. The number of carbonyl (C=O) groups excluding carboxylic acids is 1. The van der Waals surface area contributed by atoms with Crippen LogP contribution >= 0.6 is 11.8 Å². The van der Waals surface area contributed by atoms with Gasteiger partial charge in [0.25, 0.3) is 0 Å². The fraction of sp³-hybridized carbons (Fsp3) is 0.300. The summed E-state index contributed by atoms with van der Waals surface area (Å²) >= 11 is 1.32. The van der Waals surface area contributed by atoms with Gasteiger partial charge in [-0.15, -0.1) is 5.10 Å². The zero-order valence-corrected chi connectivity index (χ0v) is 17.2.